The first-order chi connectivity index (χ1) is 16.5. The average molecular weight is 497 g/mol. The van der Waals surface area contributed by atoms with Crippen LogP contribution in [0.5, 0.6) is 5.75 Å². The maximum Gasteiger partial charge on any atom is 0.490 e. The lowest BCUT2D eigenvalue weighted by Gasteiger charge is -2.37. The summed E-state index contributed by atoms with van der Waals surface area (Å²) in [6.07, 6.45) is -3.82. The molecule has 0 aliphatic carbocycles. The van der Waals surface area contributed by atoms with Crippen LogP contribution in [0.15, 0.2) is 54.6 Å². The number of hydroxylamine groups is 1. The zero-order chi connectivity index (χ0) is 25.9. The minimum Gasteiger partial charge on any atom is -0.489 e. The van der Waals surface area contributed by atoms with Gasteiger partial charge in [-0.25, -0.2) is 10.3 Å². The number of carbonyl (C=O) groups excluding carboxylic acids is 2. The van der Waals surface area contributed by atoms with E-state index in [4.69, 9.17) is 19.8 Å². The van der Waals surface area contributed by atoms with Crippen LogP contribution in [-0.4, -0.2) is 52.9 Å². The number of piperidine rings is 1. The number of nitrogens with one attached hydrogen (secondary N) is 3. The molecule has 2 aromatic rings. The number of benzene rings is 2. The summed E-state index contributed by atoms with van der Waals surface area (Å²) in [5.74, 6) is -2.83. The third-order valence-corrected chi connectivity index (χ3v) is 5.17. The molecule has 2 amide bonds. The van der Waals surface area contributed by atoms with Crippen molar-refractivity contribution in [3.8, 4) is 5.75 Å². The Balaban J connectivity index is 0.000000540. The minimum atomic E-state index is -5.08. The van der Waals surface area contributed by atoms with Gasteiger partial charge in [0.2, 0.25) is 5.91 Å². The fourth-order valence-corrected chi connectivity index (χ4v) is 3.35. The first kappa shape index (κ1) is 27.6. The molecule has 9 nitrogen and oxygen atoms in total. The van der Waals surface area contributed by atoms with E-state index in [1.54, 1.807) is 29.7 Å². The SMILES string of the molecule is O=C(CC1(NC(=O)c2ccc(OCc3ccccc3)cc2)CCNCC1)NO.O=C(O)C(F)(F)F. The zero-order valence-corrected chi connectivity index (χ0v) is 18.6. The summed E-state index contributed by atoms with van der Waals surface area (Å²) in [7, 11) is 0. The van der Waals surface area contributed by atoms with Crippen LogP contribution in [0.4, 0.5) is 13.2 Å². The highest BCUT2D eigenvalue weighted by Crippen LogP contribution is 2.24. The molecule has 1 saturated heterocycles. The van der Waals surface area contributed by atoms with Crippen molar-refractivity contribution in [3.63, 3.8) is 0 Å². The quantitative estimate of drug-likeness (QED) is 0.293. The summed E-state index contributed by atoms with van der Waals surface area (Å²) in [6.45, 7) is 1.86. The second-order valence-electron chi connectivity index (χ2n) is 7.80. The van der Waals surface area contributed by atoms with E-state index in [2.05, 4.69) is 10.6 Å². The van der Waals surface area contributed by atoms with E-state index in [1.807, 2.05) is 30.3 Å². The largest absolute Gasteiger partial charge is 0.490 e. The number of rotatable bonds is 7. The Kier molecular flexibility index (Phi) is 10.0. The highest BCUT2D eigenvalue weighted by molar-refractivity contribution is 5.95. The summed E-state index contributed by atoms with van der Waals surface area (Å²) in [4.78, 5) is 33.3. The molecule has 0 unspecified atom stereocenters. The van der Waals surface area contributed by atoms with E-state index in [9.17, 15) is 22.8 Å². The summed E-state index contributed by atoms with van der Waals surface area (Å²) in [5.41, 5.74) is 2.55. The Hall–Kier alpha value is -3.64. The van der Waals surface area contributed by atoms with Gasteiger partial charge in [-0.1, -0.05) is 30.3 Å². The maximum absolute atomic E-state index is 12.7. The molecule has 12 heteroatoms. The average Bonchev–Trinajstić information content (AvgIpc) is 2.84. The fraction of sp³-hybridized carbons (Fsp3) is 0.348. The fourth-order valence-electron chi connectivity index (χ4n) is 3.35. The van der Waals surface area contributed by atoms with Crippen molar-refractivity contribution < 1.29 is 42.6 Å². The molecule has 1 aliphatic rings. The van der Waals surface area contributed by atoms with Gasteiger partial charge in [0.05, 0.1) is 12.0 Å². The molecule has 0 saturated carbocycles. The molecule has 1 heterocycles. The third-order valence-electron chi connectivity index (χ3n) is 5.17. The number of hydrogen-bond acceptors (Lipinski definition) is 6. The Bertz CT molecular complexity index is 978. The van der Waals surface area contributed by atoms with Gasteiger partial charge in [0.1, 0.15) is 12.4 Å². The number of alkyl halides is 3. The summed E-state index contributed by atoms with van der Waals surface area (Å²) in [5, 5.41) is 22.2. The molecular weight excluding hydrogens is 471 g/mol. The minimum absolute atomic E-state index is 0.0369. The zero-order valence-electron chi connectivity index (χ0n) is 18.6. The second kappa shape index (κ2) is 12.7. The standard InChI is InChI=1S/C21H25N3O4.C2HF3O2/c25-19(24-27)14-21(10-12-22-13-11-21)23-20(26)17-6-8-18(9-7-17)28-15-16-4-2-1-3-5-16;3-2(4,5)1(6)7/h1-9,22,27H,10-15H2,(H,23,26)(H,24,25);(H,6,7). The van der Waals surface area contributed by atoms with Crippen LogP contribution >= 0.6 is 0 Å². The van der Waals surface area contributed by atoms with Crippen molar-refractivity contribution >= 4 is 17.8 Å². The molecule has 0 bridgehead atoms. The molecule has 1 fully saturated rings. The number of amides is 2. The lowest BCUT2D eigenvalue weighted by molar-refractivity contribution is -0.192. The topological polar surface area (TPSA) is 137 Å². The van der Waals surface area contributed by atoms with Crippen LogP contribution in [-0.2, 0) is 16.2 Å². The number of hydrogen-bond donors (Lipinski definition) is 5. The number of carboxylic acids is 1. The van der Waals surface area contributed by atoms with E-state index < -0.39 is 23.6 Å². The van der Waals surface area contributed by atoms with Crippen molar-refractivity contribution in [3.05, 3.63) is 65.7 Å². The molecule has 35 heavy (non-hydrogen) atoms. The smallest absolute Gasteiger partial charge is 0.489 e. The Morgan fingerprint density at radius 2 is 1.57 bits per heavy atom. The van der Waals surface area contributed by atoms with Gasteiger partial charge in [0.25, 0.3) is 5.91 Å². The Morgan fingerprint density at radius 1 is 1.00 bits per heavy atom. The van der Waals surface area contributed by atoms with Gasteiger partial charge in [-0.15, -0.1) is 0 Å². The van der Waals surface area contributed by atoms with E-state index >= 15 is 0 Å². The van der Waals surface area contributed by atoms with Gasteiger partial charge < -0.3 is 20.5 Å². The van der Waals surface area contributed by atoms with E-state index in [0.29, 0.717) is 43.9 Å². The van der Waals surface area contributed by atoms with Crippen LogP contribution in [0, 0.1) is 0 Å². The lowest BCUT2D eigenvalue weighted by atomic mass is 9.84. The van der Waals surface area contributed by atoms with Gasteiger partial charge in [-0.3, -0.25) is 14.8 Å². The lowest BCUT2D eigenvalue weighted by Crippen LogP contribution is -2.56. The molecule has 3 rings (SSSR count). The van der Waals surface area contributed by atoms with Crippen molar-refractivity contribution in [1.82, 2.24) is 16.1 Å². The first-order valence-corrected chi connectivity index (χ1v) is 10.6. The van der Waals surface area contributed by atoms with Crippen molar-refractivity contribution in [2.45, 2.75) is 37.6 Å². The second-order valence-corrected chi connectivity index (χ2v) is 7.80. The van der Waals surface area contributed by atoms with Gasteiger partial charge >= 0.3 is 12.1 Å². The van der Waals surface area contributed by atoms with Crippen molar-refractivity contribution in [1.29, 1.82) is 0 Å². The normalized spacial score (nSPS) is 14.6. The van der Waals surface area contributed by atoms with E-state index in [0.717, 1.165) is 5.56 Å². The van der Waals surface area contributed by atoms with Crippen LogP contribution in [0.25, 0.3) is 0 Å². The highest BCUT2D eigenvalue weighted by Gasteiger charge is 2.38. The van der Waals surface area contributed by atoms with Crippen LogP contribution < -0.4 is 20.9 Å². The predicted molar refractivity (Wildman–Crippen MR) is 118 cm³/mol. The molecule has 0 radical (unpaired) electrons. The molecule has 0 aromatic heterocycles. The molecule has 2 aromatic carbocycles. The Morgan fingerprint density at radius 3 is 2.09 bits per heavy atom. The first-order valence-electron chi connectivity index (χ1n) is 10.6. The third kappa shape index (κ3) is 9.26. The number of halogens is 3. The molecule has 1 aliphatic heterocycles. The van der Waals surface area contributed by atoms with Gasteiger partial charge in [0, 0.05) is 5.56 Å². The van der Waals surface area contributed by atoms with E-state index in [1.165, 1.54) is 0 Å². The van der Waals surface area contributed by atoms with Gasteiger partial charge in [0.15, 0.2) is 0 Å². The molecule has 0 atom stereocenters. The number of carbonyl (C=O) groups is 3. The van der Waals surface area contributed by atoms with Gasteiger partial charge in [-0.2, -0.15) is 13.2 Å². The van der Waals surface area contributed by atoms with E-state index in [-0.39, 0.29) is 12.3 Å². The van der Waals surface area contributed by atoms with Crippen LogP contribution in [0.2, 0.25) is 0 Å². The monoisotopic (exact) mass is 497 g/mol. The number of ether oxygens (including phenoxy) is 1. The number of carboxylic acid groups (broad SMARTS) is 1. The summed E-state index contributed by atoms with van der Waals surface area (Å²) >= 11 is 0. The molecule has 5 N–H and O–H groups in total. The highest BCUT2D eigenvalue weighted by atomic mass is 19.4. The van der Waals surface area contributed by atoms with Crippen LogP contribution in [0.3, 0.4) is 0 Å². The number of aliphatic carboxylic acids is 1. The molecule has 190 valence electrons. The maximum atomic E-state index is 12.7. The van der Waals surface area contributed by atoms with Crippen LogP contribution in [0.1, 0.15) is 35.2 Å². The van der Waals surface area contributed by atoms with Crippen molar-refractivity contribution in [2.24, 2.45) is 0 Å². The summed E-state index contributed by atoms with van der Waals surface area (Å²) in [6, 6.07) is 16.8. The predicted octanol–water partition coefficient (Wildman–Crippen LogP) is 2.65. The molecular formula is C23H26F3N3O6. The molecule has 0 spiro atoms. The summed E-state index contributed by atoms with van der Waals surface area (Å²) < 4.78 is 37.5. The Labute approximate surface area is 199 Å². The van der Waals surface area contributed by atoms with Gasteiger partial charge in [-0.05, 0) is 55.8 Å². The van der Waals surface area contributed by atoms with Crippen molar-refractivity contribution in [2.75, 3.05) is 13.1 Å².